The number of hydrogen-bond donors (Lipinski definition) is 1. The van der Waals surface area contributed by atoms with Gasteiger partial charge in [0.2, 0.25) is 0 Å². The predicted molar refractivity (Wildman–Crippen MR) is 72.5 cm³/mol. The van der Waals surface area contributed by atoms with E-state index in [1.165, 1.54) is 0 Å². The van der Waals surface area contributed by atoms with Crippen molar-refractivity contribution in [3.8, 4) is 5.75 Å². The van der Waals surface area contributed by atoms with E-state index in [-0.39, 0.29) is 0 Å². The molecular formula is C14H12N4O. The molecule has 0 bridgehead atoms. The molecule has 0 saturated carbocycles. The average molecular weight is 252 g/mol. The summed E-state index contributed by atoms with van der Waals surface area (Å²) in [5, 5.41) is 0.887. The Labute approximate surface area is 110 Å². The van der Waals surface area contributed by atoms with Crippen LogP contribution in [0.15, 0.2) is 48.9 Å². The molecule has 1 aromatic carbocycles. The van der Waals surface area contributed by atoms with Crippen molar-refractivity contribution in [3.63, 3.8) is 0 Å². The van der Waals surface area contributed by atoms with Crippen LogP contribution in [0.25, 0.3) is 10.9 Å². The van der Waals surface area contributed by atoms with E-state index in [4.69, 9.17) is 10.5 Å². The van der Waals surface area contributed by atoms with Crippen LogP contribution >= 0.6 is 0 Å². The summed E-state index contributed by atoms with van der Waals surface area (Å²) in [7, 11) is 0. The summed E-state index contributed by atoms with van der Waals surface area (Å²) in [4.78, 5) is 12.5. The van der Waals surface area contributed by atoms with E-state index >= 15 is 0 Å². The lowest BCUT2D eigenvalue weighted by atomic mass is 10.2. The lowest BCUT2D eigenvalue weighted by molar-refractivity contribution is 0.299. The molecule has 0 saturated heterocycles. The summed E-state index contributed by atoms with van der Waals surface area (Å²) in [5.41, 5.74) is 7.27. The number of benzene rings is 1. The Morgan fingerprint density at radius 1 is 0.947 bits per heavy atom. The molecule has 3 aromatic rings. The molecule has 19 heavy (non-hydrogen) atoms. The Morgan fingerprint density at radius 2 is 1.74 bits per heavy atom. The fourth-order valence-corrected chi connectivity index (χ4v) is 1.84. The number of pyridine rings is 1. The van der Waals surface area contributed by atoms with Crippen molar-refractivity contribution in [1.82, 2.24) is 15.0 Å². The van der Waals surface area contributed by atoms with Gasteiger partial charge in [0.1, 0.15) is 12.4 Å². The van der Waals surface area contributed by atoms with Crippen LogP contribution in [0.4, 0.5) is 5.69 Å². The highest BCUT2D eigenvalue weighted by Crippen LogP contribution is 2.28. The van der Waals surface area contributed by atoms with Gasteiger partial charge in [0, 0.05) is 24.0 Å². The van der Waals surface area contributed by atoms with E-state index in [1.807, 2.05) is 18.2 Å². The Bertz CT molecular complexity index is 700. The highest BCUT2D eigenvalue weighted by molar-refractivity contribution is 5.93. The highest BCUT2D eigenvalue weighted by atomic mass is 16.5. The van der Waals surface area contributed by atoms with Crippen LogP contribution in [-0.2, 0) is 6.61 Å². The van der Waals surface area contributed by atoms with E-state index in [1.54, 1.807) is 30.7 Å². The van der Waals surface area contributed by atoms with Gasteiger partial charge in [-0.05, 0) is 30.3 Å². The summed E-state index contributed by atoms with van der Waals surface area (Å²) in [6.07, 6.45) is 5.09. The smallest absolute Gasteiger partial charge is 0.166 e. The SMILES string of the molecule is Nc1ccc(OCc2ncccn2)c2cccnc12. The summed E-state index contributed by atoms with van der Waals surface area (Å²) < 4.78 is 5.74. The predicted octanol–water partition coefficient (Wildman–Crippen LogP) is 2.19. The maximum Gasteiger partial charge on any atom is 0.166 e. The second-order valence-electron chi connectivity index (χ2n) is 4.01. The highest BCUT2D eigenvalue weighted by Gasteiger charge is 2.06. The summed E-state index contributed by atoms with van der Waals surface area (Å²) in [5.74, 6) is 1.36. The molecule has 0 aliphatic heterocycles. The fraction of sp³-hybridized carbons (Fsp3) is 0.0714. The first-order valence-corrected chi connectivity index (χ1v) is 5.86. The minimum absolute atomic E-state index is 0.314. The Hall–Kier alpha value is -2.69. The molecule has 0 atom stereocenters. The van der Waals surface area contributed by atoms with Crippen molar-refractivity contribution in [3.05, 3.63) is 54.7 Å². The normalized spacial score (nSPS) is 10.5. The van der Waals surface area contributed by atoms with Gasteiger partial charge in [0.15, 0.2) is 5.82 Å². The fourth-order valence-electron chi connectivity index (χ4n) is 1.84. The van der Waals surface area contributed by atoms with E-state index in [9.17, 15) is 0 Å². The van der Waals surface area contributed by atoms with Gasteiger partial charge in [-0.25, -0.2) is 9.97 Å². The molecule has 2 N–H and O–H groups in total. The summed E-state index contributed by atoms with van der Waals surface area (Å²) in [6.45, 7) is 0.314. The number of hydrogen-bond acceptors (Lipinski definition) is 5. The van der Waals surface area contributed by atoms with Gasteiger partial charge in [0.25, 0.3) is 0 Å². The van der Waals surface area contributed by atoms with Gasteiger partial charge in [-0.15, -0.1) is 0 Å². The lowest BCUT2D eigenvalue weighted by Gasteiger charge is -2.09. The molecule has 0 spiro atoms. The number of nitrogen functional groups attached to an aromatic ring is 1. The first kappa shape index (κ1) is 11.4. The molecule has 2 heterocycles. The monoisotopic (exact) mass is 252 g/mol. The minimum Gasteiger partial charge on any atom is -0.485 e. The summed E-state index contributed by atoms with van der Waals surface area (Å²) >= 11 is 0. The number of anilines is 1. The Morgan fingerprint density at radius 3 is 2.58 bits per heavy atom. The van der Waals surface area contributed by atoms with Crippen LogP contribution in [-0.4, -0.2) is 15.0 Å². The maximum absolute atomic E-state index is 5.89. The Balaban J connectivity index is 1.91. The second kappa shape index (κ2) is 4.89. The molecule has 0 aliphatic rings. The number of nitrogens with two attached hydrogens (primary N) is 1. The van der Waals surface area contributed by atoms with Crippen molar-refractivity contribution < 1.29 is 4.74 Å². The van der Waals surface area contributed by atoms with Gasteiger partial charge in [0.05, 0.1) is 11.2 Å². The first-order chi connectivity index (χ1) is 9.34. The van der Waals surface area contributed by atoms with E-state index in [0.717, 1.165) is 16.7 Å². The molecule has 5 nitrogen and oxygen atoms in total. The zero-order valence-electron chi connectivity index (χ0n) is 10.2. The third-order valence-corrected chi connectivity index (χ3v) is 2.74. The van der Waals surface area contributed by atoms with Crippen molar-refractivity contribution in [1.29, 1.82) is 0 Å². The average Bonchev–Trinajstić information content (AvgIpc) is 2.48. The molecule has 94 valence electrons. The largest absolute Gasteiger partial charge is 0.485 e. The second-order valence-corrected chi connectivity index (χ2v) is 4.01. The molecule has 0 amide bonds. The minimum atomic E-state index is 0.314. The molecule has 0 radical (unpaired) electrons. The quantitative estimate of drug-likeness (QED) is 0.723. The number of fused-ring (bicyclic) bond motifs is 1. The summed E-state index contributed by atoms with van der Waals surface area (Å²) in [6, 6.07) is 9.18. The van der Waals surface area contributed by atoms with Crippen molar-refractivity contribution >= 4 is 16.6 Å². The lowest BCUT2D eigenvalue weighted by Crippen LogP contribution is -2.01. The molecule has 0 unspecified atom stereocenters. The number of aromatic nitrogens is 3. The van der Waals surface area contributed by atoms with Gasteiger partial charge in [-0.2, -0.15) is 0 Å². The van der Waals surface area contributed by atoms with Gasteiger partial charge in [-0.3, -0.25) is 4.98 Å². The zero-order chi connectivity index (χ0) is 13.1. The van der Waals surface area contributed by atoms with Crippen LogP contribution in [0.2, 0.25) is 0 Å². The van der Waals surface area contributed by atoms with Crippen LogP contribution in [0.3, 0.4) is 0 Å². The molecule has 3 rings (SSSR count). The van der Waals surface area contributed by atoms with E-state index in [2.05, 4.69) is 15.0 Å². The van der Waals surface area contributed by atoms with Crippen LogP contribution in [0.1, 0.15) is 5.82 Å². The first-order valence-electron chi connectivity index (χ1n) is 5.86. The number of ether oxygens (including phenoxy) is 1. The van der Waals surface area contributed by atoms with E-state index in [0.29, 0.717) is 18.1 Å². The molecule has 0 fully saturated rings. The third-order valence-electron chi connectivity index (χ3n) is 2.74. The van der Waals surface area contributed by atoms with Gasteiger partial charge < -0.3 is 10.5 Å². The number of nitrogens with zero attached hydrogens (tertiary/aromatic N) is 3. The van der Waals surface area contributed by atoms with Crippen LogP contribution in [0.5, 0.6) is 5.75 Å². The maximum atomic E-state index is 5.89. The molecular weight excluding hydrogens is 240 g/mol. The van der Waals surface area contributed by atoms with E-state index < -0.39 is 0 Å². The van der Waals surface area contributed by atoms with Crippen molar-refractivity contribution in [2.45, 2.75) is 6.61 Å². The van der Waals surface area contributed by atoms with Gasteiger partial charge >= 0.3 is 0 Å². The van der Waals surface area contributed by atoms with Crippen molar-refractivity contribution in [2.24, 2.45) is 0 Å². The van der Waals surface area contributed by atoms with Crippen LogP contribution < -0.4 is 10.5 Å². The standard InChI is InChI=1S/C14H12N4O/c15-11-4-5-12(10-3-1-6-18-14(10)11)19-9-13-16-7-2-8-17-13/h1-8H,9,15H2. The number of rotatable bonds is 3. The van der Waals surface area contributed by atoms with Crippen molar-refractivity contribution in [2.75, 3.05) is 5.73 Å². The molecule has 2 aromatic heterocycles. The van der Waals surface area contributed by atoms with Crippen LogP contribution in [0, 0.1) is 0 Å². The Kier molecular flexibility index (Phi) is 2.94. The topological polar surface area (TPSA) is 73.9 Å². The zero-order valence-corrected chi connectivity index (χ0v) is 10.2. The third kappa shape index (κ3) is 2.30. The molecule has 5 heteroatoms. The molecule has 0 aliphatic carbocycles. The van der Waals surface area contributed by atoms with Gasteiger partial charge in [-0.1, -0.05) is 0 Å².